The van der Waals surface area contributed by atoms with E-state index in [1.807, 2.05) is 24.3 Å². The molecule has 88 valence electrons. The molecule has 1 atom stereocenters. The van der Waals surface area contributed by atoms with Crippen molar-refractivity contribution in [1.82, 2.24) is 0 Å². The fraction of sp³-hybridized carbons (Fsp3) is 0.417. The average Bonchev–Trinajstić information content (AvgIpc) is 2.26. The fourth-order valence-corrected chi connectivity index (χ4v) is 1.95. The van der Waals surface area contributed by atoms with E-state index in [0.29, 0.717) is 19.4 Å². The second-order valence-corrected chi connectivity index (χ2v) is 4.47. The highest BCUT2D eigenvalue weighted by atomic mass is 79.9. The lowest BCUT2D eigenvalue weighted by atomic mass is 9.97. The molecule has 0 radical (unpaired) electrons. The molecule has 4 heteroatoms. The maximum atomic E-state index is 11.1. The highest BCUT2D eigenvalue weighted by molar-refractivity contribution is 9.10. The number of hydrogen-bond acceptors (Lipinski definition) is 2. The van der Waals surface area contributed by atoms with Crippen molar-refractivity contribution in [1.29, 1.82) is 0 Å². The number of benzene rings is 1. The lowest BCUT2D eigenvalue weighted by Crippen LogP contribution is -2.18. The van der Waals surface area contributed by atoms with Gasteiger partial charge in [0.15, 0.2) is 0 Å². The van der Waals surface area contributed by atoms with Crippen molar-refractivity contribution < 1.29 is 14.6 Å². The fourth-order valence-electron chi connectivity index (χ4n) is 1.50. The van der Waals surface area contributed by atoms with Gasteiger partial charge in [-0.3, -0.25) is 4.79 Å². The molecular weight excluding hydrogens is 272 g/mol. The third-order valence-electron chi connectivity index (χ3n) is 2.44. The van der Waals surface area contributed by atoms with Crippen molar-refractivity contribution in [3.05, 3.63) is 34.3 Å². The van der Waals surface area contributed by atoms with Gasteiger partial charge in [0, 0.05) is 18.2 Å². The van der Waals surface area contributed by atoms with E-state index < -0.39 is 11.9 Å². The van der Waals surface area contributed by atoms with Crippen LogP contribution in [0, 0.1) is 5.92 Å². The SMILES string of the molecule is COCCC(Cc1ccccc1Br)C(=O)O. The average molecular weight is 287 g/mol. The van der Waals surface area contributed by atoms with Crippen LogP contribution in [0.4, 0.5) is 0 Å². The summed E-state index contributed by atoms with van der Waals surface area (Å²) < 4.78 is 5.87. The van der Waals surface area contributed by atoms with Crippen LogP contribution in [0.2, 0.25) is 0 Å². The first-order valence-corrected chi connectivity index (χ1v) is 5.89. The first-order valence-electron chi connectivity index (χ1n) is 5.10. The standard InChI is InChI=1S/C12H15BrO3/c1-16-7-6-10(12(14)15)8-9-4-2-3-5-11(9)13/h2-5,10H,6-8H2,1H3,(H,14,15). The molecule has 0 aliphatic carbocycles. The minimum Gasteiger partial charge on any atom is -0.481 e. The zero-order chi connectivity index (χ0) is 12.0. The molecule has 1 aromatic rings. The monoisotopic (exact) mass is 286 g/mol. The molecule has 3 nitrogen and oxygen atoms in total. The molecule has 16 heavy (non-hydrogen) atoms. The maximum absolute atomic E-state index is 11.1. The lowest BCUT2D eigenvalue weighted by Gasteiger charge is -2.12. The van der Waals surface area contributed by atoms with Crippen LogP contribution in [0.1, 0.15) is 12.0 Å². The Hall–Kier alpha value is -0.870. The number of carboxylic acids is 1. The molecule has 1 aromatic carbocycles. The zero-order valence-corrected chi connectivity index (χ0v) is 10.7. The van der Waals surface area contributed by atoms with Gasteiger partial charge in [-0.05, 0) is 24.5 Å². The van der Waals surface area contributed by atoms with E-state index in [1.54, 1.807) is 7.11 Å². The second kappa shape index (κ2) is 6.66. The minimum atomic E-state index is -0.771. The van der Waals surface area contributed by atoms with Crippen molar-refractivity contribution >= 4 is 21.9 Å². The molecule has 0 aliphatic rings. The van der Waals surface area contributed by atoms with Gasteiger partial charge < -0.3 is 9.84 Å². The Morgan fingerprint density at radius 2 is 2.19 bits per heavy atom. The first kappa shape index (κ1) is 13.2. The van der Waals surface area contributed by atoms with Crippen LogP contribution in [0.5, 0.6) is 0 Å². The topological polar surface area (TPSA) is 46.5 Å². The number of hydrogen-bond donors (Lipinski definition) is 1. The molecule has 0 bridgehead atoms. The first-order chi connectivity index (χ1) is 7.65. The second-order valence-electron chi connectivity index (χ2n) is 3.61. The Labute approximate surface area is 104 Å². The van der Waals surface area contributed by atoms with Crippen molar-refractivity contribution in [2.24, 2.45) is 5.92 Å². The molecule has 1 N–H and O–H groups in total. The summed E-state index contributed by atoms with van der Waals surface area (Å²) >= 11 is 3.42. The Morgan fingerprint density at radius 3 is 2.75 bits per heavy atom. The van der Waals surface area contributed by atoms with Crippen molar-refractivity contribution in [3.63, 3.8) is 0 Å². The van der Waals surface area contributed by atoms with E-state index in [4.69, 9.17) is 9.84 Å². The summed E-state index contributed by atoms with van der Waals surface area (Å²) in [4.78, 5) is 11.1. The zero-order valence-electron chi connectivity index (χ0n) is 9.15. The van der Waals surface area contributed by atoms with Crippen LogP contribution >= 0.6 is 15.9 Å². The predicted octanol–water partition coefficient (Wildman–Crippen LogP) is 2.73. The van der Waals surface area contributed by atoms with E-state index >= 15 is 0 Å². The summed E-state index contributed by atoms with van der Waals surface area (Å²) in [5.41, 5.74) is 1.02. The third kappa shape index (κ3) is 3.94. The highest BCUT2D eigenvalue weighted by Gasteiger charge is 2.18. The van der Waals surface area contributed by atoms with Gasteiger partial charge in [0.05, 0.1) is 5.92 Å². The van der Waals surface area contributed by atoms with Gasteiger partial charge in [0.1, 0.15) is 0 Å². The van der Waals surface area contributed by atoms with Crippen molar-refractivity contribution in [3.8, 4) is 0 Å². The van der Waals surface area contributed by atoms with Crippen LogP contribution in [-0.2, 0) is 16.0 Å². The number of ether oxygens (including phenoxy) is 1. The van der Waals surface area contributed by atoms with Crippen LogP contribution < -0.4 is 0 Å². The summed E-state index contributed by atoms with van der Waals surface area (Å²) in [5, 5.41) is 9.08. The van der Waals surface area contributed by atoms with E-state index in [-0.39, 0.29) is 0 Å². The largest absolute Gasteiger partial charge is 0.481 e. The van der Waals surface area contributed by atoms with Crippen LogP contribution in [0.3, 0.4) is 0 Å². The third-order valence-corrected chi connectivity index (χ3v) is 3.22. The highest BCUT2D eigenvalue weighted by Crippen LogP contribution is 2.21. The van der Waals surface area contributed by atoms with E-state index in [0.717, 1.165) is 10.0 Å². The van der Waals surface area contributed by atoms with Crippen molar-refractivity contribution in [2.45, 2.75) is 12.8 Å². The summed E-state index contributed by atoms with van der Waals surface area (Å²) in [5.74, 6) is -1.16. The molecule has 1 unspecified atom stereocenters. The number of carbonyl (C=O) groups is 1. The summed E-state index contributed by atoms with van der Waals surface area (Å²) in [7, 11) is 1.58. The van der Waals surface area contributed by atoms with Gasteiger partial charge in [-0.2, -0.15) is 0 Å². The molecule has 0 aliphatic heterocycles. The number of carboxylic acid groups (broad SMARTS) is 1. The molecule has 0 heterocycles. The molecule has 0 amide bonds. The number of halogens is 1. The Bertz CT molecular complexity index is 352. The molecule has 0 aromatic heterocycles. The van der Waals surface area contributed by atoms with Gasteiger partial charge in [0.25, 0.3) is 0 Å². The van der Waals surface area contributed by atoms with E-state index in [2.05, 4.69) is 15.9 Å². The Morgan fingerprint density at radius 1 is 1.50 bits per heavy atom. The predicted molar refractivity (Wildman–Crippen MR) is 65.5 cm³/mol. The molecule has 1 rings (SSSR count). The maximum Gasteiger partial charge on any atom is 0.306 e. The Kier molecular flexibility index (Phi) is 5.49. The van der Waals surface area contributed by atoms with Gasteiger partial charge >= 0.3 is 5.97 Å². The molecule has 0 spiro atoms. The smallest absolute Gasteiger partial charge is 0.306 e. The summed E-state index contributed by atoms with van der Waals surface area (Å²) in [6.45, 7) is 0.474. The summed E-state index contributed by atoms with van der Waals surface area (Å²) in [6, 6.07) is 7.69. The number of aliphatic carboxylic acids is 1. The quantitative estimate of drug-likeness (QED) is 0.875. The van der Waals surface area contributed by atoms with Crippen LogP contribution in [-0.4, -0.2) is 24.8 Å². The summed E-state index contributed by atoms with van der Waals surface area (Å²) in [6.07, 6.45) is 1.06. The normalized spacial score (nSPS) is 12.4. The molecule has 0 saturated heterocycles. The van der Waals surface area contributed by atoms with Crippen molar-refractivity contribution in [2.75, 3.05) is 13.7 Å². The molecule has 0 saturated carbocycles. The number of rotatable bonds is 6. The van der Waals surface area contributed by atoms with Crippen LogP contribution in [0.25, 0.3) is 0 Å². The van der Waals surface area contributed by atoms with E-state index in [9.17, 15) is 4.79 Å². The van der Waals surface area contributed by atoms with Gasteiger partial charge in [-0.1, -0.05) is 34.1 Å². The van der Waals surface area contributed by atoms with Crippen LogP contribution in [0.15, 0.2) is 28.7 Å². The Balaban J connectivity index is 2.68. The molecule has 0 fully saturated rings. The van der Waals surface area contributed by atoms with Gasteiger partial charge in [0.2, 0.25) is 0 Å². The van der Waals surface area contributed by atoms with Gasteiger partial charge in [-0.15, -0.1) is 0 Å². The van der Waals surface area contributed by atoms with E-state index in [1.165, 1.54) is 0 Å². The lowest BCUT2D eigenvalue weighted by molar-refractivity contribution is -0.142. The number of methoxy groups -OCH3 is 1. The minimum absolute atomic E-state index is 0.390. The molecular formula is C12H15BrO3. The van der Waals surface area contributed by atoms with Gasteiger partial charge in [-0.25, -0.2) is 0 Å².